The molecule has 0 aliphatic heterocycles. The van der Waals surface area contributed by atoms with Crippen molar-refractivity contribution in [2.24, 2.45) is 0 Å². The summed E-state index contributed by atoms with van der Waals surface area (Å²) >= 11 is 0. The maximum Gasteiger partial charge on any atom is 0.261 e. The van der Waals surface area contributed by atoms with Crippen molar-refractivity contribution < 1.29 is 9.53 Å². The minimum absolute atomic E-state index is 0.0103. The van der Waals surface area contributed by atoms with E-state index in [2.05, 4.69) is 19.2 Å². The predicted octanol–water partition coefficient (Wildman–Crippen LogP) is 4.28. The van der Waals surface area contributed by atoms with Crippen LogP contribution >= 0.6 is 0 Å². The second kappa shape index (κ2) is 8.37. The van der Waals surface area contributed by atoms with E-state index in [0.717, 1.165) is 29.7 Å². The van der Waals surface area contributed by atoms with Gasteiger partial charge in [-0.25, -0.2) is 0 Å². The third kappa shape index (κ3) is 4.59. The largest absolute Gasteiger partial charge is 0.481 e. The number of ether oxygens (including phenoxy) is 1. The van der Waals surface area contributed by atoms with Gasteiger partial charge in [-0.1, -0.05) is 62.4 Å². The fourth-order valence-corrected chi connectivity index (χ4v) is 2.55. The normalized spacial score (nSPS) is 13.2. The SMILES string of the molecule is CCc1ccccc1O[C@H](C)C(=O)N[C@@H](CC)c1ccccc1. The van der Waals surface area contributed by atoms with Crippen LogP contribution in [0.4, 0.5) is 0 Å². The first-order valence-electron chi connectivity index (χ1n) is 8.25. The Morgan fingerprint density at radius 3 is 2.35 bits per heavy atom. The summed E-state index contributed by atoms with van der Waals surface area (Å²) in [7, 11) is 0. The predicted molar refractivity (Wildman–Crippen MR) is 93.5 cm³/mol. The smallest absolute Gasteiger partial charge is 0.261 e. The van der Waals surface area contributed by atoms with Crippen molar-refractivity contribution in [1.29, 1.82) is 0 Å². The van der Waals surface area contributed by atoms with Gasteiger partial charge in [0.2, 0.25) is 0 Å². The Labute approximate surface area is 138 Å². The van der Waals surface area contributed by atoms with E-state index in [1.54, 1.807) is 6.92 Å². The lowest BCUT2D eigenvalue weighted by molar-refractivity contribution is -0.128. The highest BCUT2D eigenvalue weighted by molar-refractivity contribution is 5.81. The summed E-state index contributed by atoms with van der Waals surface area (Å²) in [5, 5.41) is 3.08. The summed E-state index contributed by atoms with van der Waals surface area (Å²) in [6.07, 6.45) is 1.20. The molecule has 2 aromatic rings. The summed E-state index contributed by atoms with van der Waals surface area (Å²) in [5.41, 5.74) is 2.23. The molecule has 0 spiro atoms. The molecule has 0 heterocycles. The number of aryl methyl sites for hydroxylation is 1. The summed E-state index contributed by atoms with van der Waals surface area (Å²) in [6, 6.07) is 17.9. The molecule has 23 heavy (non-hydrogen) atoms. The molecule has 3 nitrogen and oxygen atoms in total. The molecular weight excluding hydrogens is 286 g/mol. The van der Waals surface area contributed by atoms with Gasteiger partial charge >= 0.3 is 0 Å². The zero-order valence-electron chi connectivity index (χ0n) is 14.1. The highest BCUT2D eigenvalue weighted by atomic mass is 16.5. The Hall–Kier alpha value is -2.29. The molecule has 0 bridgehead atoms. The van der Waals surface area contributed by atoms with Crippen molar-refractivity contribution in [2.75, 3.05) is 0 Å². The average Bonchev–Trinajstić information content (AvgIpc) is 2.60. The first kappa shape index (κ1) is 17.1. The second-order valence-electron chi connectivity index (χ2n) is 5.60. The molecule has 0 aliphatic carbocycles. The lowest BCUT2D eigenvalue weighted by atomic mass is 10.0. The molecule has 3 heteroatoms. The Balaban J connectivity index is 2.02. The molecule has 0 aromatic heterocycles. The lowest BCUT2D eigenvalue weighted by Gasteiger charge is -2.21. The highest BCUT2D eigenvalue weighted by Gasteiger charge is 2.19. The van der Waals surface area contributed by atoms with Gasteiger partial charge in [-0.15, -0.1) is 0 Å². The number of rotatable bonds is 7. The average molecular weight is 311 g/mol. The van der Waals surface area contributed by atoms with E-state index < -0.39 is 6.10 Å². The molecule has 0 aliphatic rings. The number of carbonyl (C=O) groups excluding carboxylic acids is 1. The Kier molecular flexibility index (Phi) is 6.21. The van der Waals surface area contributed by atoms with Crippen molar-refractivity contribution >= 4 is 5.91 Å². The van der Waals surface area contributed by atoms with Crippen LogP contribution in [0.15, 0.2) is 54.6 Å². The summed E-state index contributed by atoms with van der Waals surface area (Å²) in [6.45, 7) is 5.94. The monoisotopic (exact) mass is 311 g/mol. The van der Waals surface area contributed by atoms with Crippen molar-refractivity contribution in [1.82, 2.24) is 5.32 Å². The van der Waals surface area contributed by atoms with Gasteiger partial charge in [0.15, 0.2) is 6.10 Å². The van der Waals surface area contributed by atoms with Crippen molar-refractivity contribution in [3.8, 4) is 5.75 Å². The molecule has 2 rings (SSSR count). The Morgan fingerprint density at radius 2 is 1.70 bits per heavy atom. The van der Waals surface area contributed by atoms with Gasteiger partial charge in [-0.2, -0.15) is 0 Å². The molecule has 0 radical (unpaired) electrons. The molecular formula is C20H25NO2. The molecule has 2 atom stereocenters. The van der Waals surface area contributed by atoms with Crippen LogP contribution < -0.4 is 10.1 Å². The molecule has 2 aromatic carbocycles. The number of benzene rings is 2. The molecule has 0 fully saturated rings. The van der Waals surface area contributed by atoms with Crippen LogP contribution in [0.3, 0.4) is 0 Å². The molecule has 0 unspecified atom stereocenters. The summed E-state index contributed by atoms with van der Waals surface area (Å²) in [4.78, 5) is 12.5. The summed E-state index contributed by atoms with van der Waals surface area (Å²) < 4.78 is 5.87. The quantitative estimate of drug-likeness (QED) is 0.828. The van der Waals surface area contributed by atoms with Crippen LogP contribution in [0.25, 0.3) is 0 Å². The zero-order valence-corrected chi connectivity index (χ0v) is 14.1. The molecule has 0 saturated carbocycles. The van der Waals surface area contributed by atoms with E-state index in [1.807, 2.05) is 54.6 Å². The van der Waals surface area contributed by atoms with Gasteiger partial charge in [0.1, 0.15) is 5.75 Å². The zero-order chi connectivity index (χ0) is 16.7. The van der Waals surface area contributed by atoms with Gasteiger partial charge in [0, 0.05) is 0 Å². The van der Waals surface area contributed by atoms with Crippen LogP contribution in [-0.2, 0) is 11.2 Å². The fraction of sp³-hybridized carbons (Fsp3) is 0.350. The number of amides is 1. The first-order valence-corrected chi connectivity index (χ1v) is 8.25. The second-order valence-corrected chi connectivity index (χ2v) is 5.60. The number of nitrogens with one attached hydrogen (secondary N) is 1. The topological polar surface area (TPSA) is 38.3 Å². The Morgan fingerprint density at radius 1 is 1.04 bits per heavy atom. The van der Waals surface area contributed by atoms with Crippen LogP contribution in [0.1, 0.15) is 44.4 Å². The minimum Gasteiger partial charge on any atom is -0.481 e. The van der Waals surface area contributed by atoms with Gasteiger partial charge in [0.05, 0.1) is 6.04 Å². The van der Waals surface area contributed by atoms with Crippen LogP contribution in [0.2, 0.25) is 0 Å². The van der Waals surface area contributed by atoms with Crippen LogP contribution in [-0.4, -0.2) is 12.0 Å². The van der Waals surface area contributed by atoms with Gasteiger partial charge in [-0.05, 0) is 37.0 Å². The van der Waals surface area contributed by atoms with Crippen LogP contribution in [0.5, 0.6) is 5.75 Å². The standard InChI is InChI=1S/C20H25NO2/c1-4-16-11-9-10-14-19(16)23-15(3)20(22)21-18(5-2)17-12-7-6-8-13-17/h6-15,18H,4-5H2,1-3H3,(H,21,22)/t15-,18+/m1/s1. The molecule has 1 amide bonds. The van der Waals surface area contributed by atoms with Crippen molar-refractivity contribution in [3.05, 3.63) is 65.7 Å². The molecule has 1 N–H and O–H groups in total. The van der Waals surface area contributed by atoms with Crippen molar-refractivity contribution in [3.63, 3.8) is 0 Å². The van der Waals surface area contributed by atoms with Gasteiger partial charge in [0.25, 0.3) is 5.91 Å². The van der Waals surface area contributed by atoms with E-state index in [9.17, 15) is 4.79 Å². The lowest BCUT2D eigenvalue weighted by Crippen LogP contribution is -2.38. The van der Waals surface area contributed by atoms with Crippen molar-refractivity contribution in [2.45, 2.75) is 45.8 Å². The van der Waals surface area contributed by atoms with E-state index in [0.29, 0.717) is 0 Å². The number of hydrogen-bond donors (Lipinski definition) is 1. The maximum atomic E-state index is 12.5. The van der Waals surface area contributed by atoms with E-state index in [1.165, 1.54) is 0 Å². The number of hydrogen-bond acceptors (Lipinski definition) is 2. The van der Waals surface area contributed by atoms with Crippen LogP contribution in [0, 0.1) is 0 Å². The van der Waals surface area contributed by atoms with E-state index in [-0.39, 0.29) is 11.9 Å². The maximum absolute atomic E-state index is 12.5. The Bertz CT molecular complexity index is 625. The fourth-order valence-electron chi connectivity index (χ4n) is 2.55. The van der Waals surface area contributed by atoms with E-state index in [4.69, 9.17) is 4.74 Å². The van der Waals surface area contributed by atoms with Gasteiger partial charge < -0.3 is 10.1 Å². The third-order valence-corrected chi connectivity index (χ3v) is 3.95. The highest BCUT2D eigenvalue weighted by Crippen LogP contribution is 2.21. The summed E-state index contributed by atoms with van der Waals surface area (Å²) in [5.74, 6) is 0.692. The first-order chi connectivity index (χ1) is 11.2. The minimum atomic E-state index is -0.527. The number of carbonyl (C=O) groups is 1. The number of para-hydroxylation sites is 1. The third-order valence-electron chi connectivity index (χ3n) is 3.95. The molecule has 122 valence electrons. The van der Waals surface area contributed by atoms with E-state index >= 15 is 0 Å². The molecule has 0 saturated heterocycles. The van der Waals surface area contributed by atoms with Gasteiger partial charge in [-0.3, -0.25) is 4.79 Å².